The summed E-state index contributed by atoms with van der Waals surface area (Å²) in [6.45, 7) is 7.07. The van der Waals surface area contributed by atoms with E-state index in [0.717, 1.165) is 40.8 Å². The van der Waals surface area contributed by atoms with Crippen molar-refractivity contribution in [2.24, 2.45) is 0 Å². The van der Waals surface area contributed by atoms with Gasteiger partial charge in [0.1, 0.15) is 5.82 Å². The lowest BCUT2D eigenvalue weighted by atomic mass is 10.2. The normalized spacial score (nSPS) is 10.5. The van der Waals surface area contributed by atoms with Crippen LogP contribution in [0.1, 0.15) is 37.4 Å². The van der Waals surface area contributed by atoms with Crippen LogP contribution in [0.2, 0.25) is 5.02 Å². The summed E-state index contributed by atoms with van der Waals surface area (Å²) in [5.41, 5.74) is 2.84. The van der Waals surface area contributed by atoms with E-state index >= 15 is 0 Å². The standard InChI is InChI=1S/C17H23ClN4/c1-4-5-6-10-19-16-11-12(2)20-17(22-16)21-15-9-7-8-14(18)13(15)3/h7-9,11H,4-6,10H2,1-3H3,(H2,19,20,21,22). The lowest BCUT2D eigenvalue weighted by Crippen LogP contribution is -2.07. The molecule has 1 aromatic carbocycles. The fourth-order valence-electron chi connectivity index (χ4n) is 2.17. The molecule has 22 heavy (non-hydrogen) atoms. The summed E-state index contributed by atoms with van der Waals surface area (Å²) < 4.78 is 0. The van der Waals surface area contributed by atoms with Crippen molar-refractivity contribution in [1.29, 1.82) is 0 Å². The third-order valence-electron chi connectivity index (χ3n) is 3.45. The van der Waals surface area contributed by atoms with Gasteiger partial charge in [-0.25, -0.2) is 4.98 Å². The molecule has 0 spiro atoms. The highest BCUT2D eigenvalue weighted by atomic mass is 35.5. The first-order valence-electron chi connectivity index (χ1n) is 7.72. The molecule has 5 heteroatoms. The minimum absolute atomic E-state index is 0.586. The van der Waals surface area contributed by atoms with Gasteiger partial charge in [0.25, 0.3) is 0 Å². The zero-order valence-corrected chi connectivity index (χ0v) is 14.2. The lowest BCUT2D eigenvalue weighted by Gasteiger charge is -2.12. The lowest BCUT2D eigenvalue weighted by molar-refractivity contribution is 0.742. The molecule has 0 aliphatic carbocycles. The van der Waals surface area contributed by atoms with Crippen LogP contribution in [0.25, 0.3) is 0 Å². The Hall–Kier alpha value is -1.81. The third-order valence-corrected chi connectivity index (χ3v) is 3.86. The highest BCUT2D eigenvalue weighted by molar-refractivity contribution is 6.31. The maximum atomic E-state index is 6.15. The molecule has 4 nitrogen and oxygen atoms in total. The van der Waals surface area contributed by atoms with Gasteiger partial charge < -0.3 is 10.6 Å². The molecule has 0 fully saturated rings. The minimum Gasteiger partial charge on any atom is -0.370 e. The predicted molar refractivity (Wildman–Crippen MR) is 94.3 cm³/mol. The number of aryl methyl sites for hydroxylation is 1. The van der Waals surface area contributed by atoms with E-state index in [2.05, 4.69) is 27.5 Å². The predicted octanol–water partition coefficient (Wildman–Crippen LogP) is 5.09. The summed E-state index contributed by atoms with van der Waals surface area (Å²) in [4.78, 5) is 8.96. The number of anilines is 3. The summed E-state index contributed by atoms with van der Waals surface area (Å²) in [5.74, 6) is 1.44. The molecule has 1 heterocycles. The van der Waals surface area contributed by atoms with E-state index < -0.39 is 0 Å². The zero-order valence-electron chi connectivity index (χ0n) is 13.4. The van der Waals surface area contributed by atoms with Crippen molar-refractivity contribution < 1.29 is 0 Å². The van der Waals surface area contributed by atoms with Crippen LogP contribution in [0.5, 0.6) is 0 Å². The number of rotatable bonds is 7. The smallest absolute Gasteiger partial charge is 0.229 e. The molecule has 0 amide bonds. The van der Waals surface area contributed by atoms with Gasteiger partial charge in [-0.3, -0.25) is 0 Å². The van der Waals surface area contributed by atoms with E-state index in [0.29, 0.717) is 5.95 Å². The first-order chi connectivity index (χ1) is 10.6. The molecule has 0 atom stereocenters. The van der Waals surface area contributed by atoms with E-state index in [1.54, 1.807) is 0 Å². The molecule has 0 saturated carbocycles. The van der Waals surface area contributed by atoms with Gasteiger partial charge in [-0.05, 0) is 38.0 Å². The van der Waals surface area contributed by atoms with Crippen molar-refractivity contribution >= 4 is 29.1 Å². The van der Waals surface area contributed by atoms with Crippen molar-refractivity contribution in [3.05, 3.63) is 40.5 Å². The molecule has 0 aliphatic rings. The Kier molecular flexibility index (Phi) is 6.01. The third kappa shape index (κ3) is 4.60. The Balaban J connectivity index is 2.10. The van der Waals surface area contributed by atoms with Gasteiger partial charge in [-0.1, -0.05) is 37.4 Å². The number of benzene rings is 1. The van der Waals surface area contributed by atoms with Gasteiger partial charge in [-0.2, -0.15) is 4.98 Å². The SMILES string of the molecule is CCCCCNc1cc(C)nc(Nc2cccc(Cl)c2C)n1. The van der Waals surface area contributed by atoms with Crippen LogP contribution < -0.4 is 10.6 Å². The molecular formula is C17H23ClN4. The Labute approximate surface area is 137 Å². The maximum Gasteiger partial charge on any atom is 0.229 e. The van der Waals surface area contributed by atoms with E-state index in [9.17, 15) is 0 Å². The molecule has 2 N–H and O–H groups in total. The van der Waals surface area contributed by atoms with Gasteiger partial charge in [-0.15, -0.1) is 0 Å². The number of hydrogen-bond acceptors (Lipinski definition) is 4. The molecule has 0 bridgehead atoms. The summed E-state index contributed by atoms with van der Waals surface area (Å²) >= 11 is 6.15. The first kappa shape index (κ1) is 16.6. The summed E-state index contributed by atoms with van der Waals surface area (Å²) in [6.07, 6.45) is 3.59. The number of aromatic nitrogens is 2. The highest BCUT2D eigenvalue weighted by Crippen LogP contribution is 2.25. The second-order valence-corrected chi connectivity index (χ2v) is 5.80. The van der Waals surface area contributed by atoms with Gasteiger partial charge in [0.05, 0.1) is 0 Å². The van der Waals surface area contributed by atoms with Gasteiger partial charge in [0.15, 0.2) is 0 Å². The average Bonchev–Trinajstić information content (AvgIpc) is 2.48. The van der Waals surface area contributed by atoms with Crippen molar-refractivity contribution in [2.45, 2.75) is 40.0 Å². The van der Waals surface area contributed by atoms with Crippen molar-refractivity contribution in [3.63, 3.8) is 0 Å². The fourth-order valence-corrected chi connectivity index (χ4v) is 2.34. The van der Waals surface area contributed by atoms with Crippen molar-refractivity contribution in [2.75, 3.05) is 17.2 Å². The molecule has 0 aliphatic heterocycles. The second-order valence-electron chi connectivity index (χ2n) is 5.39. The quantitative estimate of drug-likeness (QED) is 0.698. The summed E-state index contributed by atoms with van der Waals surface area (Å²) in [7, 11) is 0. The van der Waals surface area contributed by atoms with E-state index in [-0.39, 0.29) is 0 Å². The molecule has 118 valence electrons. The summed E-state index contributed by atoms with van der Waals surface area (Å²) in [6, 6.07) is 7.72. The fraction of sp³-hybridized carbons (Fsp3) is 0.412. The van der Waals surface area contributed by atoms with Crippen LogP contribution in [0, 0.1) is 13.8 Å². The largest absolute Gasteiger partial charge is 0.370 e. The van der Waals surface area contributed by atoms with Gasteiger partial charge in [0, 0.05) is 29.0 Å². The molecular weight excluding hydrogens is 296 g/mol. The van der Waals surface area contributed by atoms with Crippen LogP contribution in [-0.2, 0) is 0 Å². The number of nitrogens with one attached hydrogen (secondary N) is 2. The van der Waals surface area contributed by atoms with Crippen LogP contribution in [0.4, 0.5) is 17.5 Å². The molecule has 1 aromatic heterocycles. The number of halogens is 1. The number of hydrogen-bond donors (Lipinski definition) is 2. The van der Waals surface area contributed by atoms with Crippen LogP contribution in [-0.4, -0.2) is 16.5 Å². The highest BCUT2D eigenvalue weighted by Gasteiger charge is 2.06. The Morgan fingerprint density at radius 2 is 1.95 bits per heavy atom. The van der Waals surface area contributed by atoms with Gasteiger partial charge >= 0.3 is 0 Å². The molecule has 0 unspecified atom stereocenters. The topological polar surface area (TPSA) is 49.8 Å². The molecule has 0 saturated heterocycles. The number of nitrogens with zero attached hydrogens (tertiary/aromatic N) is 2. The van der Waals surface area contributed by atoms with Crippen LogP contribution >= 0.6 is 11.6 Å². The molecule has 2 aromatic rings. The zero-order chi connectivity index (χ0) is 15.9. The van der Waals surface area contributed by atoms with E-state index in [1.165, 1.54) is 12.8 Å². The Bertz CT molecular complexity index is 628. The molecule has 2 rings (SSSR count). The van der Waals surface area contributed by atoms with E-state index in [1.807, 2.05) is 38.1 Å². The van der Waals surface area contributed by atoms with Crippen molar-refractivity contribution in [1.82, 2.24) is 9.97 Å². The summed E-state index contributed by atoms with van der Waals surface area (Å²) in [5, 5.41) is 7.34. The average molecular weight is 319 g/mol. The minimum atomic E-state index is 0.586. The van der Waals surface area contributed by atoms with Crippen molar-refractivity contribution in [3.8, 4) is 0 Å². The monoisotopic (exact) mass is 318 g/mol. The van der Waals surface area contributed by atoms with Crippen LogP contribution in [0.15, 0.2) is 24.3 Å². The van der Waals surface area contributed by atoms with E-state index in [4.69, 9.17) is 11.6 Å². The van der Waals surface area contributed by atoms with Crippen LogP contribution in [0.3, 0.4) is 0 Å². The Morgan fingerprint density at radius 1 is 1.14 bits per heavy atom. The second kappa shape index (κ2) is 7.99. The maximum absolute atomic E-state index is 6.15. The molecule has 0 radical (unpaired) electrons. The first-order valence-corrected chi connectivity index (χ1v) is 8.09. The Morgan fingerprint density at radius 3 is 2.73 bits per heavy atom. The van der Waals surface area contributed by atoms with Gasteiger partial charge in [0.2, 0.25) is 5.95 Å². The number of unbranched alkanes of at least 4 members (excludes halogenated alkanes) is 2.